The monoisotopic (exact) mass is 771 g/mol. The van der Waals surface area contributed by atoms with Crippen LogP contribution in [0.4, 0.5) is 0 Å². The van der Waals surface area contributed by atoms with Crippen LogP contribution in [0.25, 0.3) is 55.8 Å². The quantitative estimate of drug-likeness (QED) is 0.155. The summed E-state index contributed by atoms with van der Waals surface area (Å²) in [6.07, 6.45) is 3.65. The van der Waals surface area contributed by atoms with Crippen molar-refractivity contribution in [2.75, 3.05) is 0 Å². The standard InChI is InChI=1S/C27H26N3O2.C11H8N.Ir/c1-25(2,3)24-29-17-13-15-19-18(31-22(15)30-23(17)32-24)11-10-14-20(19)27(6,7)26(4,5)16-9-8-12-28-21(14)16;1-2-6-10(7-3-1)11-8-4-5-9-12-11;/h8-9,11-13H,1-7H3;1-6,8-9H;/q2*-1;. The van der Waals surface area contributed by atoms with E-state index in [2.05, 4.69) is 77.7 Å². The van der Waals surface area contributed by atoms with Crippen LogP contribution in [0, 0.1) is 12.1 Å². The molecule has 45 heavy (non-hydrogen) atoms. The van der Waals surface area contributed by atoms with Gasteiger partial charge in [-0.3, -0.25) is 0 Å². The molecule has 0 atom stereocenters. The molecule has 8 rings (SSSR count). The number of pyridine rings is 3. The summed E-state index contributed by atoms with van der Waals surface area (Å²) in [5.41, 5.74) is 8.55. The maximum Gasteiger partial charge on any atom is 0.250 e. The van der Waals surface area contributed by atoms with Crippen molar-refractivity contribution in [2.24, 2.45) is 0 Å². The molecule has 0 saturated carbocycles. The van der Waals surface area contributed by atoms with E-state index in [0.717, 1.165) is 44.4 Å². The molecule has 1 radical (unpaired) electrons. The maximum absolute atomic E-state index is 6.22. The van der Waals surface area contributed by atoms with Gasteiger partial charge in [-0.2, -0.15) is 4.98 Å². The summed E-state index contributed by atoms with van der Waals surface area (Å²) in [5.74, 6) is 0.673. The third-order valence-corrected chi connectivity index (χ3v) is 9.12. The number of aromatic nitrogens is 4. The molecular weight excluding hydrogens is 737 g/mol. The molecule has 0 amide bonds. The second kappa shape index (κ2) is 11.0. The van der Waals surface area contributed by atoms with Crippen molar-refractivity contribution in [1.82, 2.24) is 19.9 Å². The number of benzene rings is 2. The molecule has 229 valence electrons. The summed E-state index contributed by atoms with van der Waals surface area (Å²) in [6, 6.07) is 28.5. The molecule has 0 aliphatic heterocycles. The molecule has 0 unspecified atom stereocenters. The molecule has 1 aliphatic carbocycles. The van der Waals surface area contributed by atoms with E-state index in [1.807, 2.05) is 60.8 Å². The van der Waals surface area contributed by atoms with Crippen LogP contribution >= 0.6 is 0 Å². The first-order chi connectivity index (χ1) is 21.0. The van der Waals surface area contributed by atoms with Gasteiger partial charge in [-0.1, -0.05) is 72.2 Å². The zero-order valence-corrected chi connectivity index (χ0v) is 28.8. The van der Waals surface area contributed by atoms with Gasteiger partial charge in [-0.05, 0) is 45.8 Å². The van der Waals surface area contributed by atoms with E-state index < -0.39 is 0 Å². The molecule has 5 heterocycles. The first kappa shape index (κ1) is 30.8. The molecule has 0 spiro atoms. The number of rotatable bonds is 1. The molecule has 2 aromatic carbocycles. The van der Waals surface area contributed by atoms with Gasteiger partial charge in [0.1, 0.15) is 5.52 Å². The Morgan fingerprint density at radius 3 is 2.27 bits per heavy atom. The Morgan fingerprint density at radius 1 is 0.778 bits per heavy atom. The molecule has 0 saturated heterocycles. The molecule has 7 heteroatoms. The second-order valence-electron chi connectivity index (χ2n) is 13.5. The molecule has 7 aromatic rings. The number of nitrogens with zero attached hydrogens (tertiary/aromatic N) is 4. The van der Waals surface area contributed by atoms with Crippen molar-refractivity contribution < 1.29 is 28.9 Å². The fourth-order valence-electron chi connectivity index (χ4n) is 6.05. The van der Waals surface area contributed by atoms with Crippen LogP contribution < -0.4 is 0 Å². The number of hydrogen-bond acceptors (Lipinski definition) is 6. The predicted molar refractivity (Wildman–Crippen MR) is 174 cm³/mol. The van der Waals surface area contributed by atoms with Crippen molar-refractivity contribution in [3.63, 3.8) is 0 Å². The van der Waals surface area contributed by atoms with E-state index in [1.54, 1.807) is 6.20 Å². The normalized spacial score (nSPS) is 14.7. The SMILES string of the molecule is CC(C)(C)c1nc2cc3c(nc2o1)oc1c[c-]c2c(c13)C(C)(C)C(C)(C)c1cccnc1-2.[Ir].[c-]1ccccc1-c1ccccn1. The van der Waals surface area contributed by atoms with Gasteiger partial charge in [0.15, 0.2) is 0 Å². The Kier molecular flexibility index (Phi) is 7.54. The van der Waals surface area contributed by atoms with E-state index in [0.29, 0.717) is 17.3 Å². The molecule has 0 bridgehead atoms. The van der Waals surface area contributed by atoms with Crippen LogP contribution in [0.5, 0.6) is 0 Å². The van der Waals surface area contributed by atoms with Crippen LogP contribution in [-0.2, 0) is 36.4 Å². The first-order valence-electron chi connectivity index (χ1n) is 14.9. The Balaban J connectivity index is 0.000000231. The molecule has 6 nitrogen and oxygen atoms in total. The number of oxazole rings is 1. The van der Waals surface area contributed by atoms with Gasteiger partial charge in [0.2, 0.25) is 17.3 Å². The molecule has 0 fully saturated rings. The van der Waals surface area contributed by atoms with Gasteiger partial charge in [-0.15, -0.1) is 59.2 Å². The van der Waals surface area contributed by atoms with Crippen LogP contribution in [0.1, 0.15) is 65.5 Å². The zero-order chi connectivity index (χ0) is 30.9. The Labute approximate surface area is 276 Å². The topological polar surface area (TPSA) is 77.8 Å². The minimum absolute atomic E-state index is 0. The van der Waals surface area contributed by atoms with Crippen molar-refractivity contribution in [1.29, 1.82) is 0 Å². The van der Waals surface area contributed by atoms with E-state index in [-0.39, 0.29) is 36.4 Å². The number of fused-ring (bicyclic) bond motifs is 8. The van der Waals surface area contributed by atoms with Crippen molar-refractivity contribution >= 4 is 33.3 Å². The average molecular weight is 771 g/mol. The fourth-order valence-corrected chi connectivity index (χ4v) is 6.05. The molecule has 5 aromatic heterocycles. The minimum Gasteiger partial charge on any atom is -0.486 e. The summed E-state index contributed by atoms with van der Waals surface area (Å²) >= 11 is 0. The molecule has 1 aliphatic rings. The predicted octanol–water partition coefficient (Wildman–Crippen LogP) is 9.40. The van der Waals surface area contributed by atoms with Gasteiger partial charge >= 0.3 is 0 Å². The van der Waals surface area contributed by atoms with E-state index in [1.165, 1.54) is 11.1 Å². The first-order valence-corrected chi connectivity index (χ1v) is 14.9. The third-order valence-electron chi connectivity index (χ3n) is 9.12. The summed E-state index contributed by atoms with van der Waals surface area (Å²) in [5, 5.41) is 2.02. The molecular formula is C38H34IrN4O2-2. The van der Waals surface area contributed by atoms with E-state index in [9.17, 15) is 0 Å². The smallest absolute Gasteiger partial charge is 0.250 e. The summed E-state index contributed by atoms with van der Waals surface area (Å²) < 4.78 is 12.2. The van der Waals surface area contributed by atoms with Crippen molar-refractivity contribution in [2.45, 2.75) is 64.7 Å². The Bertz CT molecular complexity index is 2120. The van der Waals surface area contributed by atoms with Crippen LogP contribution in [0.15, 0.2) is 88.0 Å². The number of furan rings is 1. The summed E-state index contributed by atoms with van der Waals surface area (Å²) in [4.78, 5) is 18.4. The third kappa shape index (κ3) is 4.99. The van der Waals surface area contributed by atoms with Gasteiger partial charge in [-0.25, -0.2) is 4.98 Å². The van der Waals surface area contributed by atoms with E-state index >= 15 is 0 Å². The van der Waals surface area contributed by atoms with E-state index in [4.69, 9.17) is 23.8 Å². The van der Waals surface area contributed by atoms with Gasteiger partial charge in [0.25, 0.3) is 0 Å². The minimum atomic E-state index is -0.195. The van der Waals surface area contributed by atoms with Crippen LogP contribution in [0.2, 0.25) is 0 Å². The van der Waals surface area contributed by atoms with Crippen LogP contribution in [-0.4, -0.2) is 19.9 Å². The zero-order valence-electron chi connectivity index (χ0n) is 26.4. The fraction of sp³-hybridized carbons (Fsp3) is 0.263. The Morgan fingerprint density at radius 2 is 1.56 bits per heavy atom. The number of hydrogen-bond donors (Lipinski definition) is 0. The largest absolute Gasteiger partial charge is 0.486 e. The summed E-state index contributed by atoms with van der Waals surface area (Å²) in [6.45, 7) is 15.4. The van der Waals surface area contributed by atoms with Gasteiger partial charge in [0.05, 0.1) is 5.58 Å². The Hall–Kier alpha value is -4.19. The summed E-state index contributed by atoms with van der Waals surface area (Å²) in [7, 11) is 0. The van der Waals surface area contributed by atoms with Crippen LogP contribution in [0.3, 0.4) is 0 Å². The maximum atomic E-state index is 6.22. The van der Waals surface area contributed by atoms with Crippen molar-refractivity contribution in [3.05, 3.63) is 108 Å². The van der Waals surface area contributed by atoms with Crippen molar-refractivity contribution in [3.8, 4) is 22.5 Å². The van der Waals surface area contributed by atoms with Gasteiger partial charge < -0.3 is 18.8 Å². The average Bonchev–Trinajstić information content (AvgIpc) is 3.61. The molecule has 0 N–H and O–H groups in total. The second-order valence-corrected chi connectivity index (χ2v) is 13.5. The van der Waals surface area contributed by atoms with Gasteiger partial charge in [0, 0.05) is 43.3 Å².